The van der Waals surface area contributed by atoms with Gasteiger partial charge in [0, 0.05) is 34.6 Å². The first-order valence-corrected chi connectivity index (χ1v) is 19.3. The lowest BCUT2D eigenvalue weighted by molar-refractivity contribution is 0.108. The summed E-state index contributed by atoms with van der Waals surface area (Å²) in [5.74, 6) is 0.732. The Morgan fingerprint density at radius 3 is 2.40 bits per heavy atom. The first-order valence-electron chi connectivity index (χ1n) is 14.9. The number of aryl methyl sites for hydroxylation is 2. The van der Waals surface area contributed by atoms with Crippen molar-refractivity contribution in [2.75, 3.05) is 25.6 Å². The van der Waals surface area contributed by atoms with E-state index in [0.717, 1.165) is 58.8 Å². The monoisotopic (exact) mass is 635 g/mol. The van der Waals surface area contributed by atoms with Crippen LogP contribution in [0, 0.1) is 19.8 Å². The number of hydrogen-bond acceptors (Lipinski definition) is 4. The van der Waals surface area contributed by atoms with Gasteiger partial charge in [0.25, 0.3) is 0 Å². The lowest BCUT2D eigenvalue weighted by Crippen LogP contribution is -2.24. The number of allylic oxidation sites excluding steroid dienone is 2. The molecule has 2 unspecified atom stereocenters. The number of anilines is 1. The van der Waals surface area contributed by atoms with Crippen LogP contribution in [0.1, 0.15) is 73.7 Å². The van der Waals surface area contributed by atoms with Crippen molar-refractivity contribution >= 4 is 56.9 Å². The topological polar surface area (TPSA) is 58.6 Å². The van der Waals surface area contributed by atoms with Crippen LogP contribution in [0.15, 0.2) is 72.0 Å². The van der Waals surface area contributed by atoms with E-state index in [1.165, 1.54) is 31.7 Å². The second-order valence-corrected chi connectivity index (χ2v) is 16.7. The summed E-state index contributed by atoms with van der Waals surface area (Å²) in [5, 5.41) is 18.3. The number of nitrogens with one attached hydrogen (secondary N) is 1. The number of methoxy groups -OCH3 is 1. The Morgan fingerprint density at radius 2 is 1.81 bits per heavy atom. The SMILES string of the molecule is C=C(/C(OC)=C(\C=C(/C)C(CCCC)C[PH](=C)C(=O)c1cc(NC)c2ppc(C)cc2c1)C(C)(C)O)c1ccc(C)cc1. The molecule has 0 saturated heterocycles. The van der Waals surface area contributed by atoms with Crippen LogP contribution in [0.5, 0.6) is 0 Å². The Labute approximate surface area is 262 Å². The number of carbonyl (C=O) groups excluding carboxylic acids is 1. The maximum Gasteiger partial charge on any atom is 0.180 e. The third kappa shape index (κ3) is 9.03. The molecular formula is C36H48NO3P3. The molecule has 1 heterocycles. The number of ether oxygens (including phenoxy) is 1. The van der Waals surface area contributed by atoms with E-state index < -0.39 is 13.1 Å². The van der Waals surface area contributed by atoms with Crippen molar-refractivity contribution in [2.45, 2.75) is 66.4 Å². The van der Waals surface area contributed by atoms with Gasteiger partial charge < -0.3 is 15.2 Å². The summed E-state index contributed by atoms with van der Waals surface area (Å²) >= 11 is 0. The molecule has 3 aromatic rings. The molecule has 0 aliphatic rings. The summed E-state index contributed by atoms with van der Waals surface area (Å²) in [7, 11) is 4.44. The van der Waals surface area contributed by atoms with Crippen LogP contribution in [0.2, 0.25) is 0 Å². The fraction of sp³-hybridized carbons (Fsp3) is 0.389. The van der Waals surface area contributed by atoms with Crippen molar-refractivity contribution in [3.63, 3.8) is 0 Å². The third-order valence-electron chi connectivity index (χ3n) is 7.86. The normalized spacial score (nSPS) is 14.6. The summed E-state index contributed by atoms with van der Waals surface area (Å²) in [5.41, 5.74) is 5.39. The van der Waals surface area contributed by atoms with Crippen LogP contribution in [-0.2, 0) is 4.74 Å². The van der Waals surface area contributed by atoms with E-state index in [4.69, 9.17) is 4.74 Å². The molecule has 230 valence electrons. The number of rotatable bonds is 14. The van der Waals surface area contributed by atoms with Gasteiger partial charge in [0.15, 0.2) is 5.52 Å². The predicted molar refractivity (Wildman–Crippen MR) is 195 cm³/mol. The van der Waals surface area contributed by atoms with Crippen molar-refractivity contribution < 1.29 is 14.6 Å². The van der Waals surface area contributed by atoms with Crippen molar-refractivity contribution in [1.29, 1.82) is 0 Å². The first kappa shape index (κ1) is 35.0. The zero-order valence-corrected chi connectivity index (χ0v) is 29.9. The van der Waals surface area contributed by atoms with Crippen molar-refractivity contribution in [2.24, 2.45) is 5.92 Å². The summed E-state index contributed by atoms with van der Waals surface area (Å²) in [4.78, 5) is 13.8. The van der Waals surface area contributed by atoms with E-state index in [1.54, 1.807) is 21.0 Å². The fourth-order valence-electron chi connectivity index (χ4n) is 5.27. The Bertz CT molecular complexity index is 1560. The van der Waals surface area contributed by atoms with Gasteiger partial charge in [0.1, 0.15) is 5.76 Å². The van der Waals surface area contributed by atoms with E-state index in [-0.39, 0.29) is 11.4 Å². The lowest BCUT2D eigenvalue weighted by atomic mass is 9.87. The molecule has 2 aromatic carbocycles. The average molecular weight is 636 g/mol. The van der Waals surface area contributed by atoms with Gasteiger partial charge in [0.05, 0.1) is 12.7 Å². The van der Waals surface area contributed by atoms with Gasteiger partial charge in [-0.3, -0.25) is 4.79 Å². The highest BCUT2D eigenvalue weighted by Crippen LogP contribution is 2.42. The van der Waals surface area contributed by atoms with E-state index in [9.17, 15) is 9.90 Å². The summed E-state index contributed by atoms with van der Waals surface area (Å²) in [6.45, 7) is 16.4. The van der Waals surface area contributed by atoms with Gasteiger partial charge in [-0.25, -0.2) is 0 Å². The zero-order valence-electron chi connectivity index (χ0n) is 27.1. The maximum atomic E-state index is 13.8. The summed E-state index contributed by atoms with van der Waals surface area (Å²) in [6, 6.07) is 14.4. The first-order chi connectivity index (χ1) is 20.3. The minimum atomic E-state index is -1.62. The van der Waals surface area contributed by atoms with E-state index >= 15 is 0 Å². The molecule has 0 bridgehead atoms. The zero-order chi connectivity index (χ0) is 31.9. The molecule has 1 aromatic heterocycles. The number of fused-ring (bicyclic) bond motifs is 1. The van der Waals surface area contributed by atoms with Crippen LogP contribution in [0.25, 0.3) is 16.1 Å². The molecule has 0 radical (unpaired) electrons. The average Bonchev–Trinajstić information content (AvgIpc) is 2.97. The minimum absolute atomic E-state index is 0.160. The van der Waals surface area contributed by atoms with Gasteiger partial charge in [-0.1, -0.05) is 81.7 Å². The van der Waals surface area contributed by atoms with Gasteiger partial charge in [-0.2, -0.15) is 0 Å². The highest BCUT2D eigenvalue weighted by molar-refractivity contribution is 7.93. The molecule has 0 amide bonds. The van der Waals surface area contributed by atoms with Crippen LogP contribution >= 0.6 is 23.3 Å². The highest BCUT2D eigenvalue weighted by Gasteiger charge is 2.26. The van der Waals surface area contributed by atoms with Gasteiger partial charge in [-0.05, 0) is 103 Å². The molecule has 0 saturated carbocycles. The molecule has 0 spiro atoms. The molecular weight excluding hydrogens is 587 g/mol. The summed E-state index contributed by atoms with van der Waals surface area (Å²) < 4.78 is 5.90. The van der Waals surface area contributed by atoms with E-state index in [0.29, 0.717) is 11.3 Å². The Hall–Kier alpha value is -2.47. The van der Waals surface area contributed by atoms with Gasteiger partial charge in [-0.15, -0.1) is 0 Å². The molecule has 0 aliphatic heterocycles. The molecule has 0 fully saturated rings. The molecule has 43 heavy (non-hydrogen) atoms. The maximum absolute atomic E-state index is 13.8. The number of hydrogen-bond donors (Lipinski definition) is 2. The molecule has 7 heteroatoms. The Kier molecular flexibility index (Phi) is 12.6. The molecule has 4 nitrogen and oxygen atoms in total. The largest absolute Gasteiger partial charge is 0.496 e. The van der Waals surface area contributed by atoms with E-state index in [1.807, 2.05) is 37.4 Å². The summed E-state index contributed by atoms with van der Waals surface area (Å²) in [6.07, 6.45) is 10.3. The highest BCUT2D eigenvalue weighted by atomic mass is 31.8. The Morgan fingerprint density at radius 1 is 1.14 bits per heavy atom. The number of benzene rings is 2. The van der Waals surface area contributed by atoms with Crippen LogP contribution in [0.3, 0.4) is 0 Å². The number of aliphatic hydroxyl groups is 1. The smallest absolute Gasteiger partial charge is 0.180 e. The van der Waals surface area contributed by atoms with Crippen LogP contribution in [-0.4, -0.2) is 42.9 Å². The second-order valence-electron chi connectivity index (χ2n) is 11.9. The predicted octanol–water partition coefficient (Wildman–Crippen LogP) is 10.6. The second kappa shape index (κ2) is 15.5. The quantitative estimate of drug-likeness (QED) is 0.105. The van der Waals surface area contributed by atoms with Crippen LogP contribution in [0.4, 0.5) is 5.69 Å². The fourth-order valence-corrected chi connectivity index (χ4v) is 9.72. The standard InChI is InChI=1S/C36H48NO3P3/c1-11-12-13-28(22-43(10)35(38)30-20-29-19-25(4)41-42-34(29)32(21-30)37-8)24(3)18-31(36(6,7)39)33(40-9)26(5)27-16-14-23(2)15-17-27/h14-21,28,37,39,43H,5,10-13,22H2,1-4,6-9H3/b24-18+,33-31-. The number of carbonyl (C=O) groups is 1. The Balaban J connectivity index is 2.00. The van der Waals surface area contributed by atoms with E-state index in [2.05, 4.69) is 64.1 Å². The molecule has 3 rings (SSSR count). The molecule has 2 N–H and O–H groups in total. The molecule has 2 atom stereocenters. The van der Waals surface area contributed by atoms with Crippen molar-refractivity contribution in [3.05, 3.63) is 94.0 Å². The van der Waals surface area contributed by atoms with Crippen molar-refractivity contribution in [3.8, 4) is 0 Å². The molecule has 0 aliphatic carbocycles. The minimum Gasteiger partial charge on any atom is -0.496 e. The van der Waals surface area contributed by atoms with Gasteiger partial charge >= 0.3 is 0 Å². The third-order valence-corrected chi connectivity index (χ3v) is 12.9. The van der Waals surface area contributed by atoms with Crippen LogP contribution < -0.4 is 5.32 Å². The van der Waals surface area contributed by atoms with Crippen molar-refractivity contribution in [1.82, 2.24) is 0 Å². The lowest BCUT2D eigenvalue weighted by Gasteiger charge is -2.26. The number of unbranched alkanes of at least 4 members (excludes halogenated alkanes) is 1. The van der Waals surface area contributed by atoms with Gasteiger partial charge in [0.2, 0.25) is 0 Å².